The van der Waals surface area contributed by atoms with E-state index in [1.165, 1.54) is 10.9 Å². The summed E-state index contributed by atoms with van der Waals surface area (Å²) in [6.45, 7) is 4.69. The highest BCUT2D eigenvalue weighted by molar-refractivity contribution is 7.11. The second-order valence-electron chi connectivity index (χ2n) is 6.57. The first-order valence-corrected chi connectivity index (χ1v) is 9.20. The Morgan fingerprint density at radius 1 is 1.33 bits per heavy atom. The van der Waals surface area contributed by atoms with Gasteiger partial charge in [0.1, 0.15) is 0 Å². The van der Waals surface area contributed by atoms with E-state index in [9.17, 15) is 4.79 Å². The molecular weight excluding hydrogens is 318 g/mol. The van der Waals surface area contributed by atoms with Crippen LogP contribution in [-0.2, 0) is 17.8 Å². The molecule has 1 aliphatic carbocycles. The van der Waals surface area contributed by atoms with Gasteiger partial charge in [0.05, 0.1) is 17.1 Å². The second kappa shape index (κ2) is 6.06. The first kappa shape index (κ1) is 15.4. The number of hydrogen-bond acceptors (Lipinski definition) is 3. The van der Waals surface area contributed by atoms with Gasteiger partial charge in [-0.05, 0) is 55.8 Å². The molecule has 2 heterocycles. The Hall–Kier alpha value is -2.14. The first-order chi connectivity index (χ1) is 11.6. The van der Waals surface area contributed by atoms with Crippen molar-refractivity contribution in [3.63, 3.8) is 0 Å². The van der Waals surface area contributed by atoms with Gasteiger partial charge in [0, 0.05) is 29.2 Å². The molecule has 124 valence electrons. The maximum absolute atomic E-state index is 12.9. The summed E-state index contributed by atoms with van der Waals surface area (Å²) in [5.41, 5.74) is 3.33. The average Bonchev–Trinajstić information content (AvgIpc) is 3.19. The van der Waals surface area contributed by atoms with Crippen LogP contribution in [0.25, 0.3) is 10.9 Å². The van der Waals surface area contributed by atoms with E-state index in [-0.39, 0.29) is 5.91 Å². The molecule has 0 spiro atoms. The molecule has 0 bridgehead atoms. The molecule has 3 aromatic rings. The van der Waals surface area contributed by atoms with Crippen LogP contribution in [0.3, 0.4) is 0 Å². The van der Waals surface area contributed by atoms with Gasteiger partial charge in [-0.25, -0.2) is 4.98 Å². The first-order valence-electron chi connectivity index (χ1n) is 8.38. The number of hydrogen-bond donors (Lipinski definition) is 1. The van der Waals surface area contributed by atoms with Crippen molar-refractivity contribution in [2.45, 2.75) is 45.7 Å². The lowest BCUT2D eigenvalue weighted by Crippen LogP contribution is -2.33. The molecule has 1 aromatic carbocycles. The Morgan fingerprint density at radius 2 is 2.17 bits per heavy atom. The van der Waals surface area contributed by atoms with Crippen LogP contribution >= 0.6 is 11.3 Å². The fourth-order valence-corrected chi connectivity index (χ4v) is 4.11. The number of thiazole rings is 1. The number of nitrogens with zero attached hydrogens (tertiary/aromatic N) is 2. The fraction of sp³-hybridized carbons (Fsp3) is 0.368. The van der Waals surface area contributed by atoms with Crippen molar-refractivity contribution < 1.29 is 4.79 Å². The number of fused-ring (bicyclic) bond motifs is 1. The largest absolute Gasteiger partial charge is 0.361 e. The zero-order valence-electron chi connectivity index (χ0n) is 14.0. The number of aromatic nitrogens is 2. The van der Waals surface area contributed by atoms with Gasteiger partial charge in [0.15, 0.2) is 0 Å². The predicted molar refractivity (Wildman–Crippen MR) is 97.2 cm³/mol. The highest BCUT2D eigenvalue weighted by atomic mass is 32.1. The summed E-state index contributed by atoms with van der Waals surface area (Å²) >= 11 is 1.64. The fourth-order valence-electron chi connectivity index (χ4n) is 3.18. The molecule has 1 saturated carbocycles. The van der Waals surface area contributed by atoms with Crippen molar-refractivity contribution >= 4 is 28.1 Å². The van der Waals surface area contributed by atoms with Gasteiger partial charge in [0.2, 0.25) is 5.91 Å². The van der Waals surface area contributed by atoms with Crippen molar-refractivity contribution in [3.8, 4) is 0 Å². The summed E-state index contributed by atoms with van der Waals surface area (Å²) < 4.78 is 0. The quantitative estimate of drug-likeness (QED) is 0.764. The van der Waals surface area contributed by atoms with Gasteiger partial charge in [-0.15, -0.1) is 11.3 Å². The van der Waals surface area contributed by atoms with Crippen molar-refractivity contribution in [2.75, 3.05) is 0 Å². The zero-order valence-corrected chi connectivity index (χ0v) is 14.8. The summed E-state index contributed by atoms with van der Waals surface area (Å²) in [6, 6.07) is 8.87. The zero-order chi connectivity index (χ0) is 16.7. The minimum atomic E-state index is 0.221. The minimum absolute atomic E-state index is 0.221. The standard InChI is InChI=1S/C19H21N3OS/c1-12-18(24-13(2)21-12)10-19(23)22(16-4-5-16)11-14-3-6-17-15(9-14)7-8-20-17/h3,6-9,16,20H,4-5,10-11H2,1-2H3. The highest BCUT2D eigenvalue weighted by Gasteiger charge is 2.32. The Morgan fingerprint density at radius 3 is 2.88 bits per heavy atom. The van der Waals surface area contributed by atoms with Gasteiger partial charge in [0.25, 0.3) is 0 Å². The molecular formula is C19H21N3OS. The van der Waals surface area contributed by atoms with Crippen LogP contribution in [0.1, 0.15) is 34.0 Å². The summed E-state index contributed by atoms with van der Waals surface area (Å²) in [5.74, 6) is 0.221. The van der Waals surface area contributed by atoms with Gasteiger partial charge in [-0.1, -0.05) is 6.07 Å². The summed E-state index contributed by atoms with van der Waals surface area (Å²) in [6.07, 6.45) is 4.67. The molecule has 0 radical (unpaired) electrons. The van der Waals surface area contributed by atoms with Crippen LogP contribution in [0.2, 0.25) is 0 Å². The molecule has 0 aliphatic heterocycles. The molecule has 1 fully saturated rings. The van der Waals surface area contributed by atoms with Crippen LogP contribution in [0.15, 0.2) is 30.5 Å². The third-order valence-electron chi connectivity index (χ3n) is 4.59. The van der Waals surface area contributed by atoms with E-state index in [1.54, 1.807) is 11.3 Å². The lowest BCUT2D eigenvalue weighted by Gasteiger charge is -2.22. The van der Waals surface area contributed by atoms with Gasteiger partial charge < -0.3 is 9.88 Å². The van der Waals surface area contributed by atoms with Crippen LogP contribution in [0, 0.1) is 13.8 Å². The number of aromatic amines is 1. The van der Waals surface area contributed by atoms with Crippen LogP contribution in [-0.4, -0.2) is 26.8 Å². The summed E-state index contributed by atoms with van der Waals surface area (Å²) in [4.78, 5) is 23.7. The number of rotatable bonds is 5. The number of amides is 1. The maximum Gasteiger partial charge on any atom is 0.228 e. The maximum atomic E-state index is 12.9. The normalized spacial score (nSPS) is 14.2. The third kappa shape index (κ3) is 3.08. The van der Waals surface area contributed by atoms with E-state index in [1.807, 2.05) is 20.0 Å². The smallest absolute Gasteiger partial charge is 0.228 e. The summed E-state index contributed by atoms with van der Waals surface area (Å²) in [5, 5.41) is 2.23. The molecule has 2 aromatic heterocycles. The van der Waals surface area contributed by atoms with Crippen molar-refractivity contribution in [1.29, 1.82) is 0 Å². The van der Waals surface area contributed by atoms with Crippen molar-refractivity contribution in [2.24, 2.45) is 0 Å². The van der Waals surface area contributed by atoms with E-state index in [0.717, 1.165) is 33.9 Å². The molecule has 1 N–H and O–H groups in total. The molecule has 1 amide bonds. The Balaban J connectivity index is 1.53. The Kier molecular flexibility index (Phi) is 3.88. The predicted octanol–water partition coefficient (Wildman–Crippen LogP) is 3.97. The number of H-pyrrole nitrogens is 1. The van der Waals surface area contributed by atoms with E-state index in [0.29, 0.717) is 19.0 Å². The SMILES string of the molecule is Cc1nc(C)c(CC(=O)N(Cc2ccc3[nH]ccc3c2)C2CC2)s1. The molecule has 0 unspecified atom stereocenters. The Bertz CT molecular complexity index is 891. The van der Waals surface area contributed by atoms with E-state index in [4.69, 9.17) is 0 Å². The lowest BCUT2D eigenvalue weighted by molar-refractivity contribution is -0.131. The monoisotopic (exact) mass is 339 g/mol. The number of nitrogens with one attached hydrogen (secondary N) is 1. The van der Waals surface area contributed by atoms with Crippen molar-refractivity contribution in [1.82, 2.24) is 14.9 Å². The van der Waals surface area contributed by atoms with E-state index < -0.39 is 0 Å². The van der Waals surface area contributed by atoms with Crippen LogP contribution in [0.4, 0.5) is 0 Å². The number of carbonyl (C=O) groups is 1. The number of aryl methyl sites for hydroxylation is 2. The molecule has 5 heteroatoms. The molecule has 0 atom stereocenters. The lowest BCUT2D eigenvalue weighted by atomic mass is 10.1. The Labute approximate surface area is 145 Å². The van der Waals surface area contributed by atoms with Crippen LogP contribution < -0.4 is 0 Å². The topological polar surface area (TPSA) is 49.0 Å². The highest BCUT2D eigenvalue weighted by Crippen LogP contribution is 2.30. The van der Waals surface area contributed by atoms with Gasteiger partial charge >= 0.3 is 0 Å². The van der Waals surface area contributed by atoms with E-state index >= 15 is 0 Å². The molecule has 0 saturated heterocycles. The molecule has 4 nitrogen and oxygen atoms in total. The third-order valence-corrected chi connectivity index (χ3v) is 5.66. The van der Waals surface area contributed by atoms with E-state index in [2.05, 4.69) is 39.1 Å². The van der Waals surface area contributed by atoms with Crippen LogP contribution in [0.5, 0.6) is 0 Å². The van der Waals surface area contributed by atoms with Gasteiger partial charge in [-0.3, -0.25) is 4.79 Å². The number of benzene rings is 1. The average molecular weight is 339 g/mol. The summed E-state index contributed by atoms with van der Waals surface area (Å²) in [7, 11) is 0. The second-order valence-corrected chi connectivity index (χ2v) is 7.86. The molecule has 4 rings (SSSR count). The molecule has 24 heavy (non-hydrogen) atoms. The number of carbonyl (C=O) groups excluding carboxylic acids is 1. The minimum Gasteiger partial charge on any atom is -0.361 e. The van der Waals surface area contributed by atoms with Crippen molar-refractivity contribution in [3.05, 3.63) is 51.6 Å². The molecule has 1 aliphatic rings. The van der Waals surface area contributed by atoms with Gasteiger partial charge in [-0.2, -0.15) is 0 Å².